The molecule has 1 aliphatic heterocycles. The van der Waals surface area contributed by atoms with Crippen LogP contribution in [-0.4, -0.2) is 36.6 Å². The molecule has 2 rings (SSSR count). The largest absolute Gasteiger partial charge is 0.314 e. The number of hydrogen-bond donors (Lipinski definition) is 1. The van der Waals surface area contributed by atoms with E-state index in [0.29, 0.717) is 0 Å². The summed E-state index contributed by atoms with van der Waals surface area (Å²) in [7, 11) is 0. The van der Waals surface area contributed by atoms with Crippen molar-refractivity contribution in [2.75, 3.05) is 19.6 Å². The average molecular weight is 252 g/mol. The minimum Gasteiger partial charge on any atom is -0.314 e. The van der Waals surface area contributed by atoms with Crippen molar-refractivity contribution in [3.63, 3.8) is 0 Å². The van der Waals surface area contributed by atoms with E-state index in [-0.39, 0.29) is 0 Å². The molecule has 0 aromatic heterocycles. The highest BCUT2D eigenvalue weighted by atomic mass is 15.2. The highest BCUT2D eigenvalue weighted by molar-refractivity contribution is 4.82. The van der Waals surface area contributed by atoms with Gasteiger partial charge in [0.25, 0.3) is 0 Å². The minimum atomic E-state index is 0.766. The summed E-state index contributed by atoms with van der Waals surface area (Å²) in [5.41, 5.74) is 0. The van der Waals surface area contributed by atoms with Crippen LogP contribution in [0.1, 0.15) is 59.3 Å². The standard InChI is InChI=1S/C16H32N2/c1-13(2)15-5-4-11-18(12-9-15)14(3)8-10-17-16-6-7-16/h13-17H,4-12H2,1-3H3. The average Bonchev–Trinajstić information content (AvgIpc) is 3.14. The molecule has 2 fully saturated rings. The molecule has 1 heterocycles. The van der Waals surface area contributed by atoms with Crippen molar-refractivity contribution in [2.24, 2.45) is 11.8 Å². The van der Waals surface area contributed by atoms with Crippen molar-refractivity contribution in [3.8, 4) is 0 Å². The number of rotatable bonds is 6. The van der Waals surface area contributed by atoms with Gasteiger partial charge in [0, 0.05) is 12.1 Å². The van der Waals surface area contributed by atoms with Crippen molar-refractivity contribution < 1.29 is 0 Å². The van der Waals surface area contributed by atoms with E-state index in [4.69, 9.17) is 0 Å². The van der Waals surface area contributed by atoms with Gasteiger partial charge in [-0.2, -0.15) is 0 Å². The summed E-state index contributed by atoms with van der Waals surface area (Å²) in [5.74, 6) is 1.84. The Labute approximate surface area is 114 Å². The molecule has 0 aromatic carbocycles. The molecule has 0 bridgehead atoms. The Bertz CT molecular complexity index is 235. The first-order valence-corrected chi connectivity index (χ1v) is 8.14. The second-order valence-corrected chi connectivity index (χ2v) is 6.84. The first-order chi connectivity index (χ1) is 8.66. The fourth-order valence-corrected chi connectivity index (χ4v) is 3.22. The second kappa shape index (κ2) is 6.91. The van der Waals surface area contributed by atoms with Gasteiger partial charge >= 0.3 is 0 Å². The summed E-state index contributed by atoms with van der Waals surface area (Å²) < 4.78 is 0. The fraction of sp³-hybridized carbons (Fsp3) is 1.00. The van der Waals surface area contributed by atoms with E-state index >= 15 is 0 Å². The monoisotopic (exact) mass is 252 g/mol. The SMILES string of the molecule is CC(C)C1CCCN(C(C)CCNC2CC2)CC1. The normalized spacial score (nSPS) is 28.3. The molecule has 0 aromatic rings. The van der Waals surface area contributed by atoms with Gasteiger partial charge in [0.05, 0.1) is 0 Å². The van der Waals surface area contributed by atoms with Crippen LogP contribution in [0, 0.1) is 11.8 Å². The molecule has 0 amide bonds. The van der Waals surface area contributed by atoms with Crippen LogP contribution >= 0.6 is 0 Å². The summed E-state index contributed by atoms with van der Waals surface area (Å²) in [6.45, 7) is 11.1. The van der Waals surface area contributed by atoms with Crippen molar-refractivity contribution in [1.82, 2.24) is 10.2 Å². The Morgan fingerprint density at radius 1 is 1.06 bits per heavy atom. The Morgan fingerprint density at radius 2 is 1.83 bits per heavy atom. The van der Waals surface area contributed by atoms with E-state index in [1.807, 2.05) is 0 Å². The zero-order valence-corrected chi connectivity index (χ0v) is 12.6. The third-order valence-electron chi connectivity index (χ3n) is 4.95. The lowest BCUT2D eigenvalue weighted by molar-refractivity contribution is 0.201. The molecule has 1 N–H and O–H groups in total. The maximum Gasteiger partial charge on any atom is 0.00790 e. The molecular formula is C16H32N2. The smallest absolute Gasteiger partial charge is 0.00790 e. The van der Waals surface area contributed by atoms with Gasteiger partial charge < -0.3 is 10.2 Å². The first-order valence-electron chi connectivity index (χ1n) is 8.14. The molecule has 2 unspecified atom stereocenters. The van der Waals surface area contributed by atoms with Crippen LogP contribution in [0.15, 0.2) is 0 Å². The van der Waals surface area contributed by atoms with Crippen LogP contribution in [0.2, 0.25) is 0 Å². The lowest BCUT2D eigenvalue weighted by Crippen LogP contribution is -2.36. The highest BCUT2D eigenvalue weighted by Gasteiger charge is 2.23. The molecule has 1 saturated carbocycles. The summed E-state index contributed by atoms with van der Waals surface area (Å²) in [6.07, 6.45) is 8.41. The second-order valence-electron chi connectivity index (χ2n) is 6.84. The molecule has 2 nitrogen and oxygen atoms in total. The number of nitrogens with zero attached hydrogens (tertiary/aromatic N) is 1. The van der Waals surface area contributed by atoms with Crippen LogP contribution in [0.25, 0.3) is 0 Å². The van der Waals surface area contributed by atoms with Crippen molar-refractivity contribution in [3.05, 3.63) is 0 Å². The van der Waals surface area contributed by atoms with Crippen LogP contribution in [0.4, 0.5) is 0 Å². The third kappa shape index (κ3) is 4.55. The zero-order valence-electron chi connectivity index (χ0n) is 12.6. The maximum absolute atomic E-state index is 3.64. The molecule has 2 heteroatoms. The lowest BCUT2D eigenvalue weighted by Gasteiger charge is -2.28. The van der Waals surface area contributed by atoms with Crippen LogP contribution < -0.4 is 5.32 Å². The molecule has 2 atom stereocenters. The Balaban J connectivity index is 1.67. The quantitative estimate of drug-likeness (QED) is 0.780. The molecule has 1 saturated heterocycles. The zero-order chi connectivity index (χ0) is 13.0. The van der Waals surface area contributed by atoms with E-state index in [1.54, 1.807) is 0 Å². The van der Waals surface area contributed by atoms with Crippen LogP contribution in [-0.2, 0) is 0 Å². The molecule has 106 valence electrons. The van der Waals surface area contributed by atoms with Crippen molar-refractivity contribution in [2.45, 2.75) is 71.4 Å². The predicted molar refractivity (Wildman–Crippen MR) is 78.9 cm³/mol. The molecule has 18 heavy (non-hydrogen) atoms. The summed E-state index contributed by atoms with van der Waals surface area (Å²) in [4.78, 5) is 2.73. The molecule has 1 aliphatic carbocycles. The molecule has 2 aliphatic rings. The highest BCUT2D eigenvalue weighted by Crippen LogP contribution is 2.25. The van der Waals surface area contributed by atoms with Gasteiger partial charge in [0.2, 0.25) is 0 Å². The number of nitrogens with one attached hydrogen (secondary N) is 1. The van der Waals surface area contributed by atoms with Crippen LogP contribution in [0.3, 0.4) is 0 Å². The summed E-state index contributed by atoms with van der Waals surface area (Å²) >= 11 is 0. The van der Waals surface area contributed by atoms with Gasteiger partial charge in [-0.1, -0.05) is 13.8 Å². The van der Waals surface area contributed by atoms with Gasteiger partial charge in [-0.3, -0.25) is 0 Å². The fourth-order valence-electron chi connectivity index (χ4n) is 3.22. The van der Waals surface area contributed by atoms with Crippen molar-refractivity contribution >= 4 is 0 Å². The first kappa shape index (κ1) is 14.3. The van der Waals surface area contributed by atoms with E-state index in [2.05, 4.69) is 31.0 Å². The van der Waals surface area contributed by atoms with Gasteiger partial charge in [0.15, 0.2) is 0 Å². The van der Waals surface area contributed by atoms with Gasteiger partial charge in [0.1, 0.15) is 0 Å². The summed E-state index contributed by atoms with van der Waals surface area (Å²) in [6, 6.07) is 1.63. The van der Waals surface area contributed by atoms with E-state index in [1.165, 1.54) is 58.2 Å². The van der Waals surface area contributed by atoms with Gasteiger partial charge in [-0.15, -0.1) is 0 Å². The lowest BCUT2D eigenvalue weighted by atomic mass is 9.89. The predicted octanol–water partition coefficient (Wildman–Crippen LogP) is 3.28. The van der Waals surface area contributed by atoms with E-state index in [0.717, 1.165) is 23.9 Å². The minimum absolute atomic E-state index is 0.766. The van der Waals surface area contributed by atoms with Gasteiger partial charge in [-0.05, 0) is 76.9 Å². The summed E-state index contributed by atoms with van der Waals surface area (Å²) in [5, 5.41) is 3.64. The molecule has 0 radical (unpaired) electrons. The Morgan fingerprint density at radius 3 is 2.50 bits per heavy atom. The topological polar surface area (TPSA) is 15.3 Å². The van der Waals surface area contributed by atoms with Gasteiger partial charge in [-0.25, -0.2) is 0 Å². The number of likely N-dealkylation sites (tertiary alicyclic amines) is 1. The molecule has 0 spiro atoms. The third-order valence-corrected chi connectivity index (χ3v) is 4.95. The van der Waals surface area contributed by atoms with Crippen LogP contribution in [0.5, 0.6) is 0 Å². The Hall–Kier alpha value is -0.0800. The van der Waals surface area contributed by atoms with E-state index < -0.39 is 0 Å². The number of hydrogen-bond acceptors (Lipinski definition) is 2. The maximum atomic E-state index is 3.64. The van der Waals surface area contributed by atoms with E-state index in [9.17, 15) is 0 Å². The van der Waals surface area contributed by atoms with Crippen molar-refractivity contribution in [1.29, 1.82) is 0 Å². The molecular weight excluding hydrogens is 220 g/mol. The Kier molecular flexibility index (Phi) is 5.50.